The SMILES string of the molecule is CN1C[C@H]2CCCC(O)[C@H]2C[C@H]1C(=O)OCC(Cl)(Cl)Cl. The molecule has 0 aromatic rings. The Morgan fingerprint density at radius 3 is 2.75 bits per heavy atom. The van der Waals surface area contributed by atoms with Gasteiger partial charge in [0, 0.05) is 6.54 Å². The molecular formula is C13H20Cl3NO3. The minimum absolute atomic E-state index is 0.172. The summed E-state index contributed by atoms with van der Waals surface area (Å²) in [5.41, 5.74) is 0. The number of nitrogens with zero attached hydrogens (tertiary/aromatic N) is 1. The number of likely N-dealkylation sites (tertiary alicyclic amines) is 1. The van der Waals surface area contributed by atoms with Crippen molar-refractivity contribution in [3.63, 3.8) is 0 Å². The van der Waals surface area contributed by atoms with Crippen molar-refractivity contribution >= 4 is 40.8 Å². The molecule has 2 fully saturated rings. The molecule has 0 aromatic carbocycles. The molecule has 1 aliphatic heterocycles. The third-order valence-corrected chi connectivity index (χ3v) is 4.70. The van der Waals surface area contributed by atoms with Crippen LogP contribution in [0.25, 0.3) is 0 Å². The van der Waals surface area contributed by atoms with Gasteiger partial charge in [-0.05, 0) is 38.1 Å². The molecule has 0 radical (unpaired) electrons. The first-order chi connectivity index (χ1) is 9.28. The van der Waals surface area contributed by atoms with E-state index in [4.69, 9.17) is 39.5 Å². The van der Waals surface area contributed by atoms with Crippen LogP contribution in [-0.4, -0.2) is 52.1 Å². The average Bonchev–Trinajstić information content (AvgIpc) is 2.35. The van der Waals surface area contributed by atoms with Crippen LogP contribution < -0.4 is 0 Å². The Kier molecular flexibility index (Phi) is 5.46. The zero-order valence-corrected chi connectivity index (χ0v) is 13.7. The second-order valence-electron chi connectivity index (χ2n) is 5.84. The molecular weight excluding hydrogens is 325 g/mol. The second-order valence-corrected chi connectivity index (χ2v) is 8.35. The number of hydrogen-bond donors (Lipinski definition) is 1. The highest BCUT2D eigenvalue weighted by molar-refractivity contribution is 6.67. The van der Waals surface area contributed by atoms with Gasteiger partial charge in [-0.1, -0.05) is 41.2 Å². The fourth-order valence-corrected chi connectivity index (χ4v) is 3.53. The van der Waals surface area contributed by atoms with Gasteiger partial charge in [-0.25, -0.2) is 0 Å². The highest BCUT2D eigenvalue weighted by Gasteiger charge is 2.42. The Hall–Kier alpha value is 0.260. The Balaban J connectivity index is 1.95. The summed E-state index contributed by atoms with van der Waals surface area (Å²) in [5, 5.41) is 10.1. The van der Waals surface area contributed by atoms with E-state index in [-0.39, 0.29) is 30.6 Å². The molecule has 1 saturated heterocycles. The van der Waals surface area contributed by atoms with E-state index in [9.17, 15) is 9.90 Å². The number of carbonyl (C=O) groups excluding carboxylic acids is 1. The number of carbonyl (C=O) groups is 1. The van der Waals surface area contributed by atoms with Crippen LogP contribution in [0.5, 0.6) is 0 Å². The third kappa shape index (κ3) is 4.14. The van der Waals surface area contributed by atoms with Gasteiger partial charge in [0.15, 0.2) is 0 Å². The molecule has 2 rings (SSSR count). The summed E-state index contributed by atoms with van der Waals surface area (Å²) >= 11 is 16.8. The first-order valence-corrected chi connectivity index (χ1v) is 8.03. The Morgan fingerprint density at radius 1 is 1.40 bits per heavy atom. The number of likely N-dealkylation sites (N-methyl/N-ethyl adjacent to an activating group) is 1. The van der Waals surface area contributed by atoms with E-state index in [1.54, 1.807) is 0 Å². The van der Waals surface area contributed by atoms with Crippen LogP contribution >= 0.6 is 34.8 Å². The molecule has 1 heterocycles. The fraction of sp³-hybridized carbons (Fsp3) is 0.923. The van der Waals surface area contributed by atoms with Crippen molar-refractivity contribution in [3.05, 3.63) is 0 Å². The number of aliphatic hydroxyl groups excluding tert-OH is 1. The maximum atomic E-state index is 12.1. The Bertz CT molecular complexity index is 361. The van der Waals surface area contributed by atoms with E-state index in [1.807, 2.05) is 11.9 Å². The molecule has 0 bridgehead atoms. The number of ether oxygens (including phenoxy) is 1. The number of halogens is 3. The lowest BCUT2D eigenvalue weighted by Crippen LogP contribution is -2.53. The van der Waals surface area contributed by atoms with Crippen molar-refractivity contribution < 1.29 is 14.6 Å². The van der Waals surface area contributed by atoms with E-state index in [2.05, 4.69) is 0 Å². The van der Waals surface area contributed by atoms with Gasteiger partial charge in [0.2, 0.25) is 3.79 Å². The zero-order valence-electron chi connectivity index (χ0n) is 11.4. The minimum atomic E-state index is -1.59. The average molecular weight is 345 g/mol. The van der Waals surface area contributed by atoms with Gasteiger partial charge in [0.1, 0.15) is 12.6 Å². The summed E-state index contributed by atoms with van der Waals surface area (Å²) in [7, 11) is 1.90. The maximum absolute atomic E-state index is 12.1. The molecule has 0 aromatic heterocycles. The predicted molar refractivity (Wildman–Crippen MR) is 79.1 cm³/mol. The minimum Gasteiger partial charge on any atom is -0.460 e. The van der Waals surface area contributed by atoms with Gasteiger partial charge in [0.25, 0.3) is 0 Å². The Morgan fingerprint density at radius 2 is 2.10 bits per heavy atom. The first-order valence-electron chi connectivity index (χ1n) is 6.89. The van der Waals surface area contributed by atoms with Crippen LogP contribution in [0.2, 0.25) is 0 Å². The van der Waals surface area contributed by atoms with Gasteiger partial charge < -0.3 is 9.84 Å². The fourth-order valence-electron chi connectivity index (χ4n) is 3.37. The van der Waals surface area contributed by atoms with Gasteiger partial charge >= 0.3 is 5.97 Å². The van der Waals surface area contributed by atoms with E-state index in [0.29, 0.717) is 12.3 Å². The van der Waals surface area contributed by atoms with Crippen molar-refractivity contribution in [2.75, 3.05) is 20.2 Å². The second kappa shape index (κ2) is 6.57. The molecule has 4 atom stereocenters. The van der Waals surface area contributed by atoms with Gasteiger partial charge in [-0.15, -0.1) is 0 Å². The molecule has 1 saturated carbocycles. The largest absolute Gasteiger partial charge is 0.460 e. The van der Waals surface area contributed by atoms with Crippen molar-refractivity contribution in [1.82, 2.24) is 4.90 Å². The highest BCUT2D eigenvalue weighted by atomic mass is 35.6. The topological polar surface area (TPSA) is 49.8 Å². The summed E-state index contributed by atoms with van der Waals surface area (Å²) in [6, 6.07) is -0.364. The van der Waals surface area contributed by atoms with E-state index in [1.165, 1.54) is 0 Å². The molecule has 20 heavy (non-hydrogen) atoms. The van der Waals surface area contributed by atoms with Crippen LogP contribution in [0.4, 0.5) is 0 Å². The number of esters is 1. The van der Waals surface area contributed by atoms with Crippen molar-refractivity contribution in [2.24, 2.45) is 11.8 Å². The summed E-state index contributed by atoms with van der Waals surface area (Å²) in [5.74, 6) is 0.251. The van der Waals surface area contributed by atoms with Gasteiger partial charge in [-0.2, -0.15) is 0 Å². The summed E-state index contributed by atoms with van der Waals surface area (Å²) in [4.78, 5) is 14.1. The molecule has 116 valence electrons. The van der Waals surface area contributed by atoms with Crippen LogP contribution in [0.15, 0.2) is 0 Å². The highest BCUT2D eigenvalue weighted by Crippen LogP contribution is 2.38. The summed E-state index contributed by atoms with van der Waals surface area (Å²) in [6.45, 7) is 0.548. The lowest BCUT2D eigenvalue weighted by Gasteiger charge is -2.45. The quantitative estimate of drug-likeness (QED) is 0.617. The summed E-state index contributed by atoms with van der Waals surface area (Å²) in [6.07, 6.45) is 3.29. The van der Waals surface area contributed by atoms with Crippen molar-refractivity contribution in [1.29, 1.82) is 0 Å². The third-order valence-electron chi connectivity index (χ3n) is 4.37. The smallest absolute Gasteiger partial charge is 0.323 e. The molecule has 0 amide bonds. The molecule has 7 heteroatoms. The zero-order chi connectivity index (χ0) is 14.9. The number of fused-ring (bicyclic) bond motifs is 1. The molecule has 1 aliphatic carbocycles. The van der Waals surface area contributed by atoms with Crippen LogP contribution in [0, 0.1) is 11.8 Å². The number of hydrogen-bond acceptors (Lipinski definition) is 4. The molecule has 1 N–H and O–H groups in total. The summed E-state index contributed by atoms with van der Waals surface area (Å²) < 4.78 is 3.49. The lowest BCUT2D eigenvalue weighted by atomic mass is 9.71. The molecule has 1 unspecified atom stereocenters. The Labute approximate surface area is 134 Å². The predicted octanol–water partition coefficient (Wildman–Crippen LogP) is 2.38. The van der Waals surface area contributed by atoms with Crippen molar-refractivity contribution in [2.45, 2.75) is 41.6 Å². The van der Waals surface area contributed by atoms with Crippen LogP contribution in [0.1, 0.15) is 25.7 Å². The van der Waals surface area contributed by atoms with E-state index in [0.717, 1.165) is 25.8 Å². The standard InChI is InChI=1S/C13H20Cl3NO3/c1-17-6-8-3-2-4-11(18)9(8)5-10(17)12(19)20-7-13(14,15)16/h8-11,18H,2-7H2,1H3/t8-,9+,10+,11?/m1/s1. The number of aliphatic hydroxyl groups is 1. The number of alkyl halides is 3. The van der Waals surface area contributed by atoms with Gasteiger partial charge in [0.05, 0.1) is 6.10 Å². The first kappa shape index (κ1) is 16.6. The van der Waals surface area contributed by atoms with Gasteiger partial charge in [-0.3, -0.25) is 9.69 Å². The van der Waals surface area contributed by atoms with E-state index >= 15 is 0 Å². The molecule has 2 aliphatic rings. The number of piperidine rings is 1. The maximum Gasteiger partial charge on any atom is 0.323 e. The van der Waals surface area contributed by atoms with Crippen LogP contribution in [0.3, 0.4) is 0 Å². The normalized spacial score (nSPS) is 35.5. The number of rotatable bonds is 2. The monoisotopic (exact) mass is 343 g/mol. The van der Waals surface area contributed by atoms with E-state index < -0.39 is 3.79 Å². The molecule has 4 nitrogen and oxygen atoms in total. The van der Waals surface area contributed by atoms with Crippen LogP contribution in [-0.2, 0) is 9.53 Å². The van der Waals surface area contributed by atoms with Crippen molar-refractivity contribution in [3.8, 4) is 0 Å². The molecule has 0 spiro atoms. The lowest BCUT2D eigenvalue weighted by molar-refractivity contribution is -0.154.